The first-order valence-electron chi connectivity index (χ1n) is 5.12. The summed E-state index contributed by atoms with van der Waals surface area (Å²) in [4.78, 5) is 23.9. The zero-order chi connectivity index (χ0) is 11.7. The largest absolute Gasteiger partial charge is 0.466 e. The summed E-state index contributed by atoms with van der Waals surface area (Å²) in [5.74, 6) is -0.236. The van der Waals surface area contributed by atoms with Crippen molar-refractivity contribution in [2.45, 2.75) is 26.2 Å². The topological polar surface area (TPSA) is 46.6 Å². The van der Waals surface area contributed by atoms with Crippen LogP contribution in [0.1, 0.15) is 26.2 Å². The Bertz CT molecular complexity index is 226. The van der Waals surface area contributed by atoms with Crippen LogP contribution < -0.4 is 0 Å². The smallest absolute Gasteiger partial charge is 0.307 e. The molecule has 0 saturated carbocycles. The van der Waals surface area contributed by atoms with Crippen molar-refractivity contribution >= 4 is 11.9 Å². The highest BCUT2D eigenvalue weighted by Gasteiger charge is 2.09. The summed E-state index contributed by atoms with van der Waals surface area (Å²) in [6, 6.07) is 0. The van der Waals surface area contributed by atoms with Crippen molar-refractivity contribution in [3.63, 3.8) is 0 Å². The van der Waals surface area contributed by atoms with Gasteiger partial charge in [0.1, 0.15) is 0 Å². The van der Waals surface area contributed by atoms with Crippen LogP contribution in [0.2, 0.25) is 0 Å². The summed E-state index contributed by atoms with van der Waals surface area (Å²) in [5, 5.41) is 0. The van der Waals surface area contributed by atoms with E-state index in [4.69, 9.17) is 4.74 Å². The van der Waals surface area contributed by atoms with Crippen molar-refractivity contribution in [2.24, 2.45) is 0 Å². The SMILES string of the molecule is C=CCCC(=O)N(C)CCC(=O)OCC. The van der Waals surface area contributed by atoms with Crippen molar-refractivity contribution < 1.29 is 14.3 Å². The maximum atomic E-state index is 11.4. The van der Waals surface area contributed by atoms with Crippen LogP contribution in [0.5, 0.6) is 0 Å². The fourth-order valence-electron chi connectivity index (χ4n) is 1.03. The number of allylic oxidation sites excluding steroid dienone is 1. The van der Waals surface area contributed by atoms with E-state index in [9.17, 15) is 9.59 Å². The second-order valence-electron chi connectivity index (χ2n) is 3.20. The number of ether oxygens (including phenoxy) is 1. The first-order valence-corrected chi connectivity index (χ1v) is 5.12. The molecule has 0 aliphatic carbocycles. The van der Waals surface area contributed by atoms with E-state index in [1.807, 2.05) is 0 Å². The zero-order valence-corrected chi connectivity index (χ0v) is 9.49. The molecule has 0 atom stereocenters. The minimum absolute atomic E-state index is 0.0270. The Hall–Kier alpha value is -1.32. The fourth-order valence-corrected chi connectivity index (χ4v) is 1.03. The van der Waals surface area contributed by atoms with Gasteiger partial charge in [-0.1, -0.05) is 6.08 Å². The minimum Gasteiger partial charge on any atom is -0.466 e. The maximum absolute atomic E-state index is 11.4. The molecule has 0 saturated heterocycles. The Labute approximate surface area is 90.9 Å². The molecule has 0 N–H and O–H groups in total. The monoisotopic (exact) mass is 213 g/mol. The van der Waals surface area contributed by atoms with Gasteiger partial charge in [0.15, 0.2) is 0 Å². The molecule has 0 rings (SSSR count). The highest BCUT2D eigenvalue weighted by Crippen LogP contribution is 1.98. The Balaban J connectivity index is 3.72. The molecule has 4 heteroatoms. The molecular weight excluding hydrogens is 194 g/mol. The third-order valence-corrected chi connectivity index (χ3v) is 1.94. The number of carbonyl (C=O) groups excluding carboxylic acids is 2. The lowest BCUT2D eigenvalue weighted by Gasteiger charge is -2.15. The second-order valence-corrected chi connectivity index (χ2v) is 3.20. The van der Waals surface area contributed by atoms with Crippen LogP contribution in [0.25, 0.3) is 0 Å². The molecule has 0 heterocycles. The minimum atomic E-state index is -0.263. The number of hydrogen-bond donors (Lipinski definition) is 0. The molecule has 86 valence electrons. The summed E-state index contributed by atoms with van der Waals surface area (Å²) >= 11 is 0. The van der Waals surface area contributed by atoms with Gasteiger partial charge in [0.05, 0.1) is 13.0 Å². The van der Waals surface area contributed by atoms with Crippen LogP contribution in [0.15, 0.2) is 12.7 Å². The number of hydrogen-bond acceptors (Lipinski definition) is 3. The number of amides is 1. The van der Waals surface area contributed by atoms with Crippen molar-refractivity contribution in [2.75, 3.05) is 20.2 Å². The van der Waals surface area contributed by atoms with Crippen LogP contribution in [0, 0.1) is 0 Å². The molecule has 0 aromatic carbocycles. The van der Waals surface area contributed by atoms with Gasteiger partial charge in [-0.25, -0.2) is 0 Å². The van der Waals surface area contributed by atoms with E-state index < -0.39 is 0 Å². The van der Waals surface area contributed by atoms with Crippen LogP contribution in [-0.4, -0.2) is 37.0 Å². The van der Waals surface area contributed by atoms with Gasteiger partial charge in [0.2, 0.25) is 5.91 Å². The zero-order valence-electron chi connectivity index (χ0n) is 9.49. The van der Waals surface area contributed by atoms with E-state index in [0.717, 1.165) is 0 Å². The van der Waals surface area contributed by atoms with E-state index in [1.54, 1.807) is 24.9 Å². The van der Waals surface area contributed by atoms with Gasteiger partial charge in [-0.2, -0.15) is 0 Å². The van der Waals surface area contributed by atoms with Crippen LogP contribution in [0.3, 0.4) is 0 Å². The van der Waals surface area contributed by atoms with Crippen LogP contribution in [0.4, 0.5) is 0 Å². The van der Waals surface area contributed by atoms with Gasteiger partial charge in [0, 0.05) is 20.0 Å². The molecule has 15 heavy (non-hydrogen) atoms. The fraction of sp³-hybridized carbons (Fsp3) is 0.636. The molecule has 4 nitrogen and oxygen atoms in total. The van der Waals surface area contributed by atoms with Gasteiger partial charge in [-0.3, -0.25) is 9.59 Å². The molecular formula is C11H19NO3. The molecule has 0 aliphatic rings. The average Bonchev–Trinajstić information content (AvgIpc) is 2.22. The molecule has 0 aromatic heterocycles. The van der Waals surface area contributed by atoms with Gasteiger partial charge in [-0.15, -0.1) is 6.58 Å². The Morgan fingerprint density at radius 1 is 1.40 bits per heavy atom. The number of rotatable bonds is 7. The molecule has 0 fully saturated rings. The van der Waals surface area contributed by atoms with E-state index in [0.29, 0.717) is 26.0 Å². The Morgan fingerprint density at radius 3 is 2.60 bits per heavy atom. The normalized spacial score (nSPS) is 9.47. The van der Waals surface area contributed by atoms with E-state index in [-0.39, 0.29) is 18.3 Å². The first-order chi connectivity index (χ1) is 7.11. The number of nitrogens with zero attached hydrogens (tertiary/aromatic N) is 1. The molecule has 0 spiro atoms. The highest BCUT2D eigenvalue weighted by atomic mass is 16.5. The van der Waals surface area contributed by atoms with Gasteiger partial charge >= 0.3 is 5.97 Å². The predicted octanol–water partition coefficient (Wildman–Crippen LogP) is 1.36. The average molecular weight is 213 g/mol. The van der Waals surface area contributed by atoms with Crippen molar-refractivity contribution in [3.05, 3.63) is 12.7 Å². The lowest BCUT2D eigenvalue weighted by molar-refractivity contribution is -0.143. The molecule has 0 aromatic rings. The van der Waals surface area contributed by atoms with Crippen molar-refractivity contribution in [1.29, 1.82) is 0 Å². The third kappa shape index (κ3) is 6.71. The van der Waals surface area contributed by atoms with Crippen LogP contribution >= 0.6 is 0 Å². The standard InChI is InChI=1S/C11H19NO3/c1-4-6-7-10(13)12(3)9-8-11(14)15-5-2/h4H,1,5-9H2,2-3H3. The van der Waals surface area contributed by atoms with Crippen molar-refractivity contribution in [3.8, 4) is 0 Å². The molecule has 0 unspecified atom stereocenters. The van der Waals surface area contributed by atoms with Crippen molar-refractivity contribution in [1.82, 2.24) is 4.90 Å². The summed E-state index contributed by atoms with van der Waals surface area (Å²) in [6.07, 6.45) is 3.08. The quantitative estimate of drug-likeness (QED) is 0.474. The summed E-state index contributed by atoms with van der Waals surface area (Å²) < 4.78 is 4.76. The number of esters is 1. The summed E-state index contributed by atoms with van der Waals surface area (Å²) in [5.41, 5.74) is 0. The maximum Gasteiger partial charge on any atom is 0.307 e. The van der Waals surface area contributed by atoms with E-state index in [1.165, 1.54) is 0 Å². The first kappa shape index (κ1) is 13.7. The van der Waals surface area contributed by atoms with Crippen LogP contribution in [-0.2, 0) is 14.3 Å². The molecule has 0 aliphatic heterocycles. The van der Waals surface area contributed by atoms with E-state index in [2.05, 4.69) is 6.58 Å². The second kappa shape index (κ2) is 8.03. The Morgan fingerprint density at radius 2 is 2.07 bits per heavy atom. The Kier molecular flexibility index (Phi) is 7.32. The van der Waals surface area contributed by atoms with Gasteiger partial charge in [-0.05, 0) is 13.3 Å². The molecule has 1 amide bonds. The lowest BCUT2D eigenvalue weighted by Crippen LogP contribution is -2.29. The molecule has 0 bridgehead atoms. The van der Waals surface area contributed by atoms with E-state index >= 15 is 0 Å². The van der Waals surface area contributed by atoms with Gasteiger partial charge in [0.25, 0.3) is 0 Å². The number of carbonyl (C=O) groups is 2. The lowest BCUT2D eigenvalue weighted by atomic mass is 10.2. The summed E-state index contributed by atoms with van der Waals surface area (Å²) in [6.45, 7) is 6.10. The molecule has 0 radical (unpaired) electrons. The highest BCUT2D eigenvalue weighted by molar-refractivity contribution is 5.77. The van der Waals surface area contributed by atoms with Gasteiger partial charge < -0.3 is 9.64 Å². The predicted molar refractivity (Wildman–Crippen MR) is 58.3 cm³/mol. The third-order valence-electron chi connectivity index (χ3n) is 1.94. The summed E-state index contributed by atoms with van der Waals surface area (Å²) in [7, 11) is 1.69.